The first-order chi connectivity index (χ1) is 15.0. The summed E-state index contributed by atoms with van der Waals surface area (Å²) >= 11 is 1.71. The smallest absolute Gasteiger partial charge is 0.270 e. The van der Waals surface area contributed by atoms with Gasteiger partial charge in [-0.25, -0.2) is 0 Å². The summed E-state index contributed by atoms with van der Waals surface area (Å²) in [5.74, 6) is 0.371. The van der Waals surface area contributed by atoms with E-state index < -0.39 is 0 Å². The van der Waals surface area contributed by atoms with Gasteiger partial charge in [-0.1, -0.05) is 37.3 Å². The quantitative estimate of drug-likeness (QED) is 0.552. The summed E-state index contributed by atoms with van der Waals surface area (Å²) in [6.07, 6.45) is 3.75. The van der Waals surface area contributed by atoms with Crippen molar-refractivity contribution >= 4 is 34.5 Å². The van der Waals surface area contributed by atoms with Crippen LogP contribution in [0.5, 0.6) is 0 Å². The molecule has 1 saturated heterocycles. The van der Waals surface area contributed by atoms with E-state index in [1.807, 2.05) is 42.2 Å². The number of aromatic amines is 1. The Labute approximate surface area is 187 Å². The molecular weight excluding hydrogens is 406 g/mol. The lowest BCUT2D eigenvalue weighted by molar-refractivity contribution is -0.126. The van der Waals surface area contributed by atoms with Gasteiger partial charge in [-0.3, -0.25) is 9.59 Å². The van der Waals surface area contributed by atoms with Crippen molar-refractivity contribution in [3.63, 3.8) is 0 Å². The van der Waals surface area contributed by atoms with Crippen molar-refractivity contribution in [3.8, 4) is 0 Å². The number of carbonyl (C=O) groups excluding carboxylic acids is 2. The van der Waals surface area contributed by atoms with Gasteiger partial charge < -0.3 is 15.2 Å². The van der Waals surface area contributed by atoms with Crippen LogP contribution in [-0.2, 0) is 11.3 Å². The van der Waals surface area contributed by atoms with Crippen molar-refractivity contribution < 1.29 is 9.59 Å². The lowest BCUT2D eigenvalue weighted by Crippen LogP contribution is -2.42. The summed E-state index contributed by atoms with van der Waals surface area (Å²) in [5, 5.41) is 4.13. The van der Waals surface area contributed by atoms with Crippen LogP contribution in [0.2, 0.25) is 0 Å². The molecule has 0 spiro atoms. The maximum atomic E-state index is 12.9. The fourth-order valence-electron chi connectivity index (χ4n) is 4.27. The van der Waals surface area contributed by atoms with Crippen LogP contribution in [0, 0.1) is 11.8 Å². The van der Waals surface area contributed by atoms with E-state index in [1.165, 1.54) is 4.90 Å². The molecule has 1 unspecified atom stereocenters. The van der Waals surface area contributed by atoms with Crippen LogP contribution >= 0.6 is 11.8 Å². The summed E-state index contributed by atoms with van der Waals surface area (Å²) < 4.78 is 0. The van der Waals surface area contributed by atoms with Gasteiger partial charge >= 0.3 is 0 Å². The van der Waals surface area contributed by atoms with E-state index in [0.717, 1.165) is 29.3 Å². The Morgan fingerprint density at radius 1 is 1.13 bits per heavy atom. The molecule has 2 aromatic carbocycles. The number of likely N-dealkylation sites (tertiary alicyclic amines) is 1. The molecule has 3 aromatic rings. The number of benzene rings is 2. The zero-order chi connectivity index (χ0) is 21.8. The summed E-state index contributed by atoms with van der Waals surface area (Å²) in [6.45, 7) is 3.93. The molecule has 5 nitrogen and oxygen atoms in total. The van der Waals surface area contributed by atoms with Gasteiger partial charge in [0, 0.05) is 41.4 Å². The monoisotopic (exact) mass is 435 g/mol. The standard InChI is InChI=1S/C25H29N3O2S/c1-17(24(29)26-16-18-7-9-21(31-2)10-8-18)19-11-13-28(14-12-19)25(30)23-15-20-5-3-4-6-22(20)27-23/h3-10,15,17,19,27H,11-14,16H2,1-2H3,(H,26,29). The van der Waals surface area contributed by atoms with Crippen molar-refractivity contribution in [1.29, 1.82) is 0 Å². The Balaban J connectivity index is 1.28. The lowest BCUT2D eigenvalue weighted by atomic mass is 9.84. The van der Waals surface area contributed by atoms with Crippen LogP contribution in [-0.4, -0.2) is 41.0 Å². The van der Waals surface area contributed by atoms with Crippen LogP contribution in [0.4, 0.5) is 0 Å². The van der Waals surface area contributed by atoms with Crippen LogP contribution in [0.1, 0.15) is 35.8 Å². The molecule has 2 N–H and O–H groups in total. The molecule has 162 valence electrons. The number of rotatable bonds is 6. The third-order valence-electron chi connectivity index (χ3n) is 6.33. The van der Waals surface area contributed by atoms with E-state index >= 15 is 0 Å². The van der Waals surface area contributed by atoms with Gasteiger partial charge in [-0.15, -0.1) is 11.8 Å². The number of H-pyrrole nitrogens is 1. The molecule has 0 aliphatic carbocycles. The van der Waals surface area contributed by atoms with Crippen molar-refractivity contribution in [2.24, 2.45) is 11.8 Å². The Kier molecular flexibility index (Phi) is 6.66. The minimum Gasteiger partial charge on any atom is -0.352 e. The maximum Gasteiger partial charge on any atom is 0.270 e. The summed E-state index contributed by atoms with van der Waals surface area (Å²) in [6, 6.07) is 18.1. The first kappa shape index (κ1) is 21.5. The third-order valence-corrected chi connectivity index (χ3v) is 7.08. The summed E-state index contributed by atoms with van der Waals surface area (Å²) in [4.78, 5) is 31.9. The number of thioether (sulfide) groups is 1. The van der Waals surface area contributed by atoms with Crippen molar-refractivity contribution in [3.05, 3.63) is 65.9 Å². The van der Waals surface area contributed by atoms with Crippen molar-refractivity contribution in [2.45, 2.75) is 31.2 Å². The van der Waals surface area contributed by atoms with Crippen molar-refractivity contribution in [2.75, 3.05) is 19.3 Å². The first-order valence-electron chi connectivity index (χ1n) is 10.8. The fourth-order valence-corrected chi connectivity index (χ4v) is 4.68. The number of aromatic nitrogens is 1. The fraction of sp³-hybridized carbons (Fsp3) is 0.360. The number of amides is 2. The van der Waals surface area contributed by atoms with Crippen molar-refractivity contribution in [1.82, 2.24) is 15.2 Å². The molecule has 31 heavy (non-hydrogen) atoms. The first-order valence-corrected chi connectivity index (χ1v) is 12.1. The molecule has 2 amide bonds. The van der Waals surface area contributed by atoms with Gasteiger partial charge in [0.2, 0.25) is 5.91 Å². The molecule has 2 heterocycles. The highest BCUT2D eigenvalue weighted by atomic mass is 32.2. The van der Waals surface area contributed by atoms with E-state index in [1.54, 1.807) is 11.8 Å². The SMILES string of the molecule is CSc1ccc(CNC(=O)C(C)C2CCN(C(=O)c3cc4ccccc4[nH]3)CC2)cc1. The number of fused-ring (bicyclic) bond motifs is 1. The number of piperidine rings is 1. The second-order valence-electron chi connectivity index (χ2n) is 8.25. The molecule has 1 aliphatic heterocycles. The molecule has 0 bridgehead atoms. The predicted octanol–water partition coefficient (Wildman–Crippen LogP) is 4.69. The van der Waals surface area contributed by atoms with E-state index in [9.17, 15) is 9.59 Å². The van der Waals surface area contributed by atoms with E-state index in [0.29, 0.717) is 31.2 Å². The second kappa shape index (κ2) is 9.60. The predicted molar refractivity (Wildman–Crippen MR) is 126 cm³/mol. The van der Waals surface area contributed by atoms with Crippen LogP contribution in [0.3, 0.4) is 0 Å². The minimum absolute atomic E-state index is 0.0421. The molecule has 1 fully saturated rings. The molecule has 6 heteroatoms. The van der Waals surface area contributed by atoms with Crippen LogP contribution < -0.4 is 5.32 Å². The van der Waals surface area contributed by atoms with E-state index in [2.05, 4.69) is 40.8 Å². The molecule has 1 aliphatic rings. The third kappa shape index (κ3) is 4.96. The van der Waals surface area contributed by atoms with Gasteiger partial charge in [-0.2, -0.15) is 0 Å². The van der Waals surface area contributed by atoms with Gasteiger partial charge in [-0.05, 0) is 54.8 Å². The Hall–Kier alpha value is -2.73. The normalized spacial score (nSPS) is 15.7. The molecule has 4 rings (SSSR count). The molecule has 1 aromatic heterocycles. The average molecular weight is 436 g/mol. The largest absolute Gasteiger partial charge is 0.352 e. The zero-order valence-corrected chi connectivity index (χ0v) is 18.9. The van der Waals surface area contributed by atoms with Gasteiger partial charge in [0.1, 0.15) is 5.69 Å². The van der Waals surface area contributed by atoms with E-state index in [-0.39, 0.29) is 17.7 Å². The minimum atomic E-state index is -0.0594. The molecule has 1 atom stereocenters. The number of carbonyl (C=O) groups is 2. The second-order valence-corrected chi connectivity index (χ2v) is 9.13. The Morgan fingerprint density at radius 3 is 2.52 bits per heavy atom. The Bertz CT molecular complexity index is 1020. The molecule has 0 saturated carbocycles. The topological polar surface area (TPSA) is 65.2 Å². The summed E-state index contributed by atoms with van der Waals surface area (Å²) in [5.41, 5.74) is 2.73. The highest BCUT2D eigenvalue weighted by Gasteiger charge is 2.30. The van der Waals surface area contributed by atoms with Gasteiger partial charge in [0.25, 0.3) is 5.91 Å². The van der Waals surface area contributed by atoms with Gasteiger partial charge in [0.05, 0.1) is 0 Å². The van der Waals surface area contributed by atoms with E-state index in [4.69, 9.17) is 0 Å². The zero-order valence-electron chi connectivity index (χ0n) is 18.1. The maximum absolute atomic E-state index is 12.9. The number of hydrogen-bond donors (Lipinski definition) is 2. The van der Waals surface area contributed by atoms with Gasteiger partial charge in [0.15, 0.2) is 0 Å². The highest BCUT2D eigenvalue weighted by Crippen LogP contribution is 2.27. The average Bonchev–Trinajstić information content (AvgIpc) is 3.26. The van der Waals surface area contributed by atoms with Crippen LogP contribution in [0.15, 0.2) is 59.5 Å². The number of nitrogens with one attached hydrogen (secondary N) is 2. The number of para-hydroxylation sites is 1. The number of nitrogens with zero attached hydrogens (tertiary/aromatic N) is 1. The van der Waals surface area contributed by atoms with Crippen LogP contribution in [0.25, 0.3) is 10.9 Å². The molecular formula is C25H29N3O2S. The highest BCUT2D eigenvalue weighted by molar-refractivity contribution is 7.98. The summed E-state index contributed by atoms with van der Waals surface area (Å²) in [7, 11) is 0. The lowest BCUT2D eigenvalue weighted by Gasteiger charge is -2.34. The number of hydrogen-bond acceptors (Lipinski definition) is 3. The Morgan fingerprint density at radius 2 is 1.84 bits per heavy atom. The molecule has 0 radical (unpaired) electrons.